The van der Waals surface area contributed by atoms with Crippen molar-refractivity contribution in [1.29, 1.82) is 0 Å². The molecule has 0 heterocycles. The Kier molecular flexibility index (Phi) is 6.50. The highest BCUT2D eigenvalue weighted by Crippen LogP contribution is 2.27. The lowest BCUT2D eigenvalue weighted by Crippen LogP contribution is -2.10. The van der Waals surface area contributed by atoms with E-state index < -0.39 is 28.0 Å². The number of hydrogen-bond acceptors (Lipinski definition) is 6. The van der Waals surface area contributed by atoms with Crippen molar-refractivity contribution in [3.05, 3.63) is 33.6 Å². The molecule has 1 aromatic carbocycles. The van der Waals surface area contributed by atoms with Crippen LogP contribution in [-0.4, -0.2) is 47.5 Å². The van der Waals surface area contributed by atoms with Gasteiger partial charge in [-0.1, -0.05) is 0 Å². The number of rotatable bonds is 9. The molecule has 9 heteroatoms. The lowest BCUT2D eigenvalue weighted by atomic mass is 10.1. The van der Waals surface area contributed by atoms with Gasteiger partial charge < -0.3 is 20.3 Å². The van der Waals surface area contributed by atoms with Gasteiger partial charge in [-0.2, -0.15) is 0 Å². The molecule has 116 valence electrons. The maximum atomic E-state index is 13.4. The van der Waals surface area contributed by atoms with E-state index in [1.54, 1.807) is 0 Å². The summed E-state index contributed by atoms with van der Waals surface area (Å²) in [7, 11) is 0. The van der Waals surface area contributed by atoms with Crippen molar-refractivity contribution in [2.45, 2.75) is 6.42 Å². The summed E-state index contributed by atoms with van der Waals surface area (Å²) < 4.78 is 18.4. The van der Waals surface area contributed by atoms with E-state index in [9.17, 15) is 19.3 Å². The van der Waals surface area contributed by atoms with Crippen LogP contribution in [0.25, 0.3) is 0 Å². The van der Waals surface area contributed by atoms with E-state index in [2.05, 4.69) is 5.32 Å². The Morgan fingerprint density at radius 1 is 1.43 bits per heavy atom. The number of nitro benzene ring substituents is 1. The average molecular weight is 302 g/mol. The molecule has 0 amide bonds. The third kappa shape index (κ3) is 4.97. The number of benzene rings is 1. The molecule has 0 aliphatic rings. The average Bonchev–Trinajstić information content (AvgIpc) is 2.43. The van der Waals surface area contributed by atoms with Gasteiger partial charge in [-0.15, -0.1) is 0 Å². The first kappa shape index (κ1) is 16.8. The quantitative estimate of drug-likeness (QED) is 0.356. The van der Waals surface area contributed by atoms with E-state index in [4.69, 9.17) is 14.9 Å². The first-order valence-corrected chi connectivity index (χ1v) is 6.11. The topological polar surface area (TPSA) is 122 Å². The first-order valence-electron chi connectivity index (χ1n) is 6.11. The number of nitrogens with one attached hydrogen (secondary N) is 1. The Hall–Kier alpha value is -2.26. The van der Waals surface area contributed by atoms with E-state index in [0.717, 1.165) is 6.07 Å². The monoisotopic (exact) mass is 302 g/mol. The summed E-state index contributed by atoms with van der Waals surface area (Å²) in [5.74, 6) is -2.66. The molecule has 0 aromatic heterocycles. The predicted octanol–water partition coefficient (Wildman–Crippen LogP) is 1.24. The Morgan fingerprint density at radius 3 is 2.71 bits per heavy atom. The molecule has 0 spiro atoms. The van der Waals surface area contributed by atoms with Gasteiger partial charge in [0, 0.05) is 13.2 Å². The summed E-state index contributed by atoms with van der Waals surface area (Å²) in [5, 5.41) is 30.8. The summed E-state index contributed by atoms with van der Waals surface area (Å²) in [4.78, 5) is 20.9. The predicted molar refractivity (Wildman–Crippen MR) is 71.0 cm³/mol. The molecule has 0 atom stereocenters. The molecule has 21 heavy (non-hydrogen) atoms. The van der Waals surface area contributed by atoms with E-state index in [-0.39, 0.29) is 25.4 Å². The molecule has 0 aliphatic heterocycles. The molecule has 1 rings (SSSR count). The second kappa shape index (κ2) is 8.12. The number of ether oxygens (including phenoxy) is 1. The van der Waals surface area contributed by atoms with Crippen LogP contribution in [0.3, 0.4) is 0 Å². The highest BCUT2D eigenvalue weighted by molar-refractivity contribution is 5.90. The molecule has 0 radical (unpaired) electrons. The highest BCUT2D eigenvalue weighted by Gasteiger charge is 2.21. The van der Waals surface area contributed by atoms with Crippen LogP contribution < -0.4 is 5.32 Å². The second-order valence-electron chi connectivity index (χ2n) is 4.03. The van der Waals surface area contributed by atoms with Crippen LogP contribution in [0.5, 0.6) is 0 Å². The normalized spacial score (nSPS) is 10.4. The van der Waals surface area contributed by atoms with Crippen molar-refractivity contribution in [3.8, 4) is 0 Å². The van der Waals surface area contributed by atoms with Gasteiger partial charge in [0.05, 0.1) is 29.8 Å². The Morgan fingerprint density at radius 2 is 2.14 bits per heavy atom. The number of aliphatic hydroxyl groups is 1. The molecule has 0 unspecified atom stereocenters. The van der Waals surface area contributed by atoms with Crippen molar-refractivity contribution in [1.82, 2.24) is 0 Å². The molecule has 0 bridgehead atoms. The van der Waals surface area contributed by atoms with Gasteiger partial charge in [-0.25, -0.2) is 9.18 Å². The number of nitrogens with zero attached hydrogens (tertiary/aromatic N) is 1. The van der Waals surface area contributed by atoms with Crippen molar-refractivity contribution >= 4 is 17.3 Å². The summed E-state index contributed by atoms with van der Waals surface area (Å²) >= 11 is 0. The minimum Gasteiger partial charge on any atom is -0.478 e. The van der Waals surface area contributed by atoms with Crippen molar-refractivity contribution < 1.29 is 29.1 Å². The van der Waals surface area contributed by atoms with Gasteiger partial charge in [0.15, 0.2) is 0 Å². The Balaban J connectivity index is 2.76. The van der Waals surface area contributed by atoms with Crippen molar-refractivity contribution in [2.24, 2.45) is 0 Å². The minimum absolute atomic E-state index is 0.0686. The fourth-order valence-corrected chi connectivity index (χ4v) is 1.58. The van der Waals surface area contributed by atoms with Crippen molar-refractivity contribution in [2.75, 3.05) is 31.7 Å². The molecule has 1 aromatic rings. The Bertz CT molecular complexity index is 523. The zero-order valence-electron chi connectivity index (χ0n) is 11.0. The zero-order valence-corrected chi connectivity index (χ0v) is 11.0. The summed E-state index contributed by atoms with van der Waals surface area (Å²) in [6, 6.07) is 1.47. The van der Waals surface area contributed by atoms with E-state index >= 15 is 0 Å². The van der Waals surface area contributed by atoms with E-state index in [1.165, 1.54) is 0 Å². The summed E-state index contributed by atoms with van der Waals surface area (Å²) in [5.41, 5.74) is -1.24. The number of anilines is 1. The number of aliphatic hydroxyl groups excluding tert-OH is 1. The Labute approximate surface area is 119 Å². The number of carboxylic acid groups (broad SMARTS) is 1. The number of carbonyl (C=O) groups is 1. The third-order valence-corrected chi connectivity index (χ3v) is 2.53. The maximum Gasteiger partial charge on any atom is 0.338 e. The smallest absolute Gasteiger partial charge is 0.338 e. The standard InChI is InChI=1S/C12H15FN2O6/c13-9-7-11(15(19)20)10(6-8(9)12(17)18)14-2-1-4-21-5-3-16/h6-7,14,16H,1-5H2,(H,17,18). The third-order valence-electron chi connectivity index (χ3n) is 2.53. The fourth-order valence-electron chi connectivity index (χ4n) is 1.58. The molecular weight excluding hydrogens is 287 g/mol. The van der Waals surface area contributed by atoms with Crippen LogP contribution in [0, 0.1) is 15.9 Å². The van der Waals surface area contributed by atoms with Gasteiger partial charge >= 0.3 is 5.97 Å². The largest absolute Gasteiger partial charge is 0.478 e. The number of carboxylic acids is 1. The SMILES string of the molecule is O=C(O)c1cc(NCCCOCCO)c([N+](=O)[O-])cc1F. The summed E-state index contributed by atoms with van der Waals surface area (Å²) in [6.07, 6.45) is 0.483. The van der Waals surface area contributed by atoms with Crippen LogP contribution in [0.1, 0.15) is 16.8 Å². The minimum atomic E-state index is -1.50. The number of nitro groups is 1. The number of hydrogen-bond donors (Lipinski definition) is 3. The van der Waals surface area contributed by atoms with E-state index in [0.29, 0.717) is 19.1 Å². The molecule has 0 saturated carbocycles. The molecule has 3 N–H and O–H groups in total. The molecule has 0 saturated heterocycles. The molecule has 0 fully saturated rings. The van der Waals surface area contributed by atoms with Gasteiger partial charge in [0.25, 0.3) is 5.69 Å². The highest BCUT2D eigenvalue weighted by atomic mass is 19.1. The van der Waals surface area contributed by atoms with Gasteiger partial charge in [-0.05, 0) is 12.5 Å². The molecule has 8 nitrogen and oxygen atoms in total. The molecule has 0 aliphatic carbocycles. The van der Waals surface area contributed by atoms with Gasteiger partial charge in [0.2, 0.25) is 0 Å². The van der Waals surface area contributed by atoms with Gasteiger partial charge in [0.1, 0.15) is 11.5 Å². The molecular formula is C12H15FN2O6. The van der Waals surface area contributed by atoms with Crippen LogP contribution in [0.15, 0.2) is 12.1 Å². The van der Waals surface area contributed by atoms with Crippen LogP contribution in [-0.2, 0) is 4.74 Å². The lowest BCUT2D eigenvalue weighted by molar-refractivity contribution is -0.384. The first-order chi connectivity index (χ1) is 9.97. The second-order valence-corrected chi connectivity index (χ2v) is 4.03. The number of halogens is 1. The van der Waals surface area contributed by atoms with Crippen molar-refractivity contribution in [3.63, 3.8) is 0 Å². The maximum absolute atomic E-state index is 13.4. The van der Waals surface area contributed by atoms with Crippen LogP contribution in [0.4, 0.5) is 15.8 Å². The fraction of sp³-hybridized carbons (Fsp3) is 0.417. The van der Waals surface area contributed by atoms with E-state index in [1.807, 2.05) is 0 Å². The lowest BCUT2D eigenvalue weighted by Gasteiger charge is -2.09. The van der Waals surface area contributed by atoms with Crippen LogP contribution in [0.2, 0.25) is 0 Å². The summed E-state index contributed by atoms with van der Waals surface area (Å²) in [6.45, 7) is 0.698. The van der Waals surface area contributed by atoms with Crippen LogP contribution >= 0.6 is 0 Å². The zero-order chi connectivity index (χ0) is 15.8. The number of aromatic carboxylic acids is 1. The van der Waals surface area contributed by atoms with Gasteiger partial charge in [-0.3, -0.25) is 10.1 Å².